The van der Waals surface area contributed by atoms with Crippen molar-refractivity contribution < 1.29 is 4.79 Å². The van der Waals surface area contributed by atoms with E-state index in [9.17, 15) is 4.79 Å². The highest BCUT2D eigenvalue weighted by atomic mass is 32.1. The van der Waals surface area contributed by atoms with Crippen molar-refractivity contribution >= 4 is 33.8 Å². The molecule has 20 heavy (non-hydrogen) atoms. The molecular formula is C14H14N4OS. The van der Waals surface area contributed by atoms with E-state index in [0.717, 1.165) is 21.5 Å². The zero-order chi connectivity index (χ0) is 14.1. The summed E-state index contributed by atoms with van der Waals surface area (Å²) in [5.41, 5.74) is 10.7. The fourth-order valence-corrected chi connectivity index (χ4v) is 2.79. The third-order valence-corrected chi connectivity index (χ3v) is 4.14. The topological polar surface area (TPSA) is 83.8 Å². The van der Waals surface area contributed by atoms with Crippen LogP contribution >= 0.6 is 11.3 Å². The van der Waals surface area contributed by atoms with E-state index in [0.29, 0.717) is 17.8 Å². The first-order valence-corrected chi connectivity index (χ1v) is 7.07. The number of aromatic nitrogens is 2. The number of amides is 1. The molecule has 0 fully saturated rings. The smallest absolute Gasteiger partial charge is 0.253 e. The largest absolute Gasteiger partial charge is 0.399 e. The highest BCUT2D eigenvalue weighted by molar-refractivity contribution is 7.09. The Balaban J connectivity index is 1.82. The van der Waals surface area contributed by atoms with Crippen molar-refractivity contribution in [3.63, 3.8) is 0 Å². The van der Waals surface area contributed by atoms with Crippen molar-refractivity contribution in [2.75, 3.05) is 5.73 Å². The third-order valence-electron chi connectivity index (χ3n) is 3.20. The lowest BCUT2D eigenvalue weighted by Gasteiger charge is -2.03. The average Bonchev–Trinajstić information content (AvgIpc) is 3.02. The number of nitrogens with zero attached hydrogens (tertiary/aromatic N) is 1. The summed E-state index contributed by atoms with van der Waals surface area (Å²) in [6.45, 7) is 2.43. The summed E-state index contributed by atoms with van der Waals surface area (Å²) >= 11 is 1.54. The quantitative estimate of drug-likeness (QED) is 0.647. The molecule has 0 aliphatic heterocycles. The molecule has 1 amide bonds. The van der Waals surface area contributed by atoms with Gasteiger partial charge < -0.3 is 16.0 Å². The molecular weight excluding hydrogens is 272 g/mol. The number of hydrogen-bond donors (Lipinski definition) is 3. The maximum Gasteiger partial charge on any atom is 0.253 e. The van der Waals surface area contributed by atoms with Gasteiger partial charge in [-0.2, -0.15) is 0 Å². The normalized spacial score (nSPS) is 10.8. The highest BCUT2D eigenvalue weighted by Gasteiger charge is 2.12. The van der Waals surface area contributed by atoms with Gasteiger partial charge >= 0.3 is 0 Å². The monoisotopic (exact) mass is 286 g/mol. The average molecular weight is 286 g/mol. The first-order valence-electron chi connectivity index (χ1n) is 6.19. The molecule has 6 heteroatoms. The summed E-state index contributed by atoms with van der Waals surface area (Å²) in [4.78, 5) is 20.6. The van der Waals surface area contributed by atoms with Gasteiger partial charge in [0.1, 0.15) is 0 Å². The minimum absolute atomic E-state index is 0.116. The van der Waals surface area contributed by atoms with E-state index in [2.05, 4.69) is 15.3 Å². The Hall–Kier alpha value is -2.34. The Labute approximate surface area is 119 Å². The summed E-state index contributed by atoms with van der Waals surface area (Å²) in [6.07, 6.45) is 1.71. The van der Waals surface area contributed by atoms with Gasteiger partial charge in [0, 0.05) is 27.7 Å². The number of aromatic amines is 1. The number of benzene rings is 1. The molecule has 0 atom stereocenters. The van der Waals surface area contributed by atoms with Crippen LogP contribution in [0.25, 0.3) is 10.9 Å². The molecule has 0 bridgehead atoms. The van der Waals surface area contributed by atoms with Crippen molar-refractivity contribution in [2.45, 2.75) is 13.5 Å². The van der Waals surface area contributed by atoms with Crippen LogP contribution in [-0.4, -0.2) is 15.9 Å². The molecule has 1 aromatic carbocycles. The summed E-state index contributed by atoms with van der Waals surface area (Å²) < 4.78 is 0. The Morgan fingerprint density at radius 3 is 3.10 bits per heavy atom. The van der Waals surface area contributed by atoms with E-state index < -0.39 is 0 Å². The molecule has 5 nitrogen and oxygen atoms in total. The maximum atomic E-state index is 12.2. The Morgan fingerprint density at radius 2 is 2.35 bits per heavy atom. The second-order valence-corrected chi connectivity index (χ2v) is 5.49. The van der Waals surface area contributed by atoms with Crippen LogP contribution in [0.5, 0.6) is 0 Å². The number of carbonyl (C=O) groups excluding carboxylic acids is 1. The van der Waals surface area contributed by atoms with E-state index in [1.54, 1.807) is 35.2 Å². The number of nitrogens with one attached hydrogen (secondary N) is 2. The highest BCUT2D eigenvalue weighted by Crippen LogP contribution is 2.21. The van der Waals surface area contributed by atoms with E-state index in [4.69, 9.17) is 5.73 Å². The van der Waals surface area contributed by atoms with Crippen molar-refractivity contribution in [3.8, 4) is 0 Å². The minimum atomic E-state index is -0.116. The number of nitrogen functional groups attached to an aromatic ring is 1. The standard InChI is InChI=1S/C14H14N4OS/c1-8-13(20-7-18-8)6-17-14(19)11-5-16-12-3-2-9(15)4-10(11)12/h2-5,7,16H,6,15H2,1H3,(H,17,19). The van der Waals surface area contributed by atoms with Gasteiger partial charge in [0.2, 0.25) is 0 Å². The summed E-state index contributed by atoms with van der Waals surface area (Å²) in [6, 6.07) is 5.48. The van der Waals surface area contributed by atoms with Gasteiger partial charge in [-0.3, -0.25) is 4.79 Å². The number of hydrogen-bond acceptors (Lipinski definition) is 4. The van der Waals surface area contributed by atoms with Crippen molar-refractivity contribution in [1.29, 1.82) is 0 Å². The van der Waals surface area contributed by atoms with Gasteiger partial charge in [0.05, 0.1) is 23.3 Å². The van der Waals surface area contributed by atoms with Crippen LogP contribution < -0.4 is 11.1 Å². The first kappa shape index (κ1) is 12.7. The predicted octanol–water partition coefficient (Wildman–Crippen LogP) is 2.45. The van der Waals surface area contributed by atoms with Crippen LogP contribution in [0.15, 0.2) is 29.9 Å². The van der Waals surface area contributed by atoms with Gasteiger partial charge in [-0.25, -0.2) is 4.98 Å². The fraction of sp³-hybridized carbons (Fsp3) is 0.143. The van der Waals surface area contributed by atoms with Crippen molar-refractivity contribution in [1.82, 2.24) is 15.3 Å². The van der Waals surface area contributed by atoms with Gasteiger partial charge in [0.25, 0.3) is 5.91 Å². The van der Waals surface area contributed by atoms with E-state index >= 15 is 0 Å². The lowest BCUT2D eigenvalue weighted by Crippen LogP contribution is -2.22. The van der Waals surface area contributed by atoms with Crippen LogP contribution in [0.2, 0.25) is 0 Å². The number of aryl methyl sites for hydroxylation is 1. The van der Waals surface area contributed by atoms with Gasteiger partial charge in [-0.15, -0.1) is 11.3 Å². The van der Waals surface area contributed by atoms with E-state index in [1.165, 1.54) is 0 Å². The zero-order valence-electron chi connectivity index (χ0n) is 10.9. The molecule has 0 unspecified atom stereocenters. The maximum absolute atomic E-state index is 12.2. The Morgan fingerprint density at radius 1 is 1.50 bits per heavy atom. The first-order chi connectivity index (χ1) is 9.65. The number of carbonyl (C=O) groups is 1. The fourth-order valence-electron chi connectivity index (χ4n) is 2.08. The second kappa shape index (κ2) is 4.97. The van der Waals surface area contributed by atoms with Crippen LogP contribution in [0.4, 0.5) is 5.69 Å². The molecule has 102 valence electrons. The van der Waals surface area contributed by atoms with Gasteiger partial charge in [0.15, 0.2) is 0 Å². The molecule has 0 spiro atoms. The molecule has 0 saturated carbocycles. The van der Waals surface area contributed by atoms with Crippen molar-refractivity contribution in [2.24, 2.45) is 0 Å². The Kier molecular flexibility index (Phi) is 3.15. The molecule has 0 radical (unpaired) electrons. The van der Waals surface area contributed by atoms with Crippen LogP contribution in [0.3, 0.4) is 0 Å². The number of nitrogens with two attached hydrogens (primary N) is 1. The summed E-state index contributed by atoms with van der Waals surface area (Å²) in [5.74, 6) is -0.116. The Bertz CT molecular complexity index is 774. The van der Waals surface area contributed by atoms with Crippen LogP contribution in [0, 0.1) is 6.92 Å². The van der Waals surface area contributed by atoms with Crippen LogP contribution in [-0.2, 0) is 6.54 Å². The number of thiazole rings is 1. The van der Waals surface area contributed by atoms with Gasteiger partial charge in [-0.05, 0) is 25.1 Å². The minimum Gasteiger partial charge on any atom is -0.399 e. The van der Waals surface area contributed by atoms with Gasteiger partial charge in [-0.1, -0.05) is 0 Å². The van der Waals surface area contributed by atoms with E-state index in [1.807, 2.05) is 13.0 Å². The summed E-state index contributed by atoms with van der Waals surface area (Å²) in [5, 5.41) is 3.75. The third kappa shape index (κ3) is 2.25. The number of anilines is 1. The number of fused-ring (bicyclic) bond motifs is 1. The zero-order valence-corrected chi connectivity index (χ0v) is 11.8. The molecule has 0 aliphatic carbocycles. The molecule has 2 heterocycles. The van der Waals surface area contributed by atoms with Crippen LogP contribution in [0.1, 0.15) is 20.9 Å². The second-order valence-electron chi connectivity index (χ2n) is 4.55. The molecule has 3 aromatic rings. The molecule has 0 saturated heterocycles. The number of rotatable bonds is 3. The predicted molar refractivity (Wildman–Crippen MR) is 80.7 cm³/mol. The lowest BCUT2D eigenvalue weighted by molar-refractivity contribution is 0.0953. The molecule has 0 aliphatic rings. The molecule has 2 aromatic heterocycles. The number of H-pyrrole nitrogens is 1. The molecule has 3 rings (SSSR count). The molecule has 4 N–H and O–H groups in total. The lowest BCUT2D eigenvalue weighted by atomic mass is 10.1. The van der Waals surface area contributed by atoms with Crippen molar-refractivity contribution in [3.05, 3.63) is 46.0 Å². The SMILES string of the molecule is Cc1ncsc1CNC(=O)c1c[nH]c2ccc(N)cc12. The van der Waals surface area contributed by atoms with E-state index in [-0.39, 0.29) is 5.91 Å². The summed E-state index contributed by atoms with van der Waals surface area (Å²) in [7, 11) is 0.